The molecule has 3 atom stereocenters. The van der Waals surface area contributed by atoms with Crippen LogP contribution < -0.4 is 4.74 Å². The van der Waals surface area contributed by atoms with Crippen LogP contribution in [-0.4, -0.2) is 17.5 Å². The first-order valence-electron chi connectivity index (χ1n) is 9.73. The van der Waals surface area contributed by atoms with E-state index in [1.807, 2.05) is 6.07 Å². The van der Waals surface area contributed by atoms with Gasteiger partial charge in [0, 0.05) is 32.1 Å². The summed E-state index contributed by atoms with van der Waals surface area (Å²) in [5, 5.41) is 0.499. The Morgan fingerprint density at radius 3 is 2.26 bits per heavy atom. The number of carbonyl (C=O) groups excluding carboxylic acids is 3. The fourth-order valence-corrected chi connectivity index (χ4v) is 5.50. The smallest absolute Gasteiger partial charge is 0.327 e. The molecule has 1 aliphatic carbocycles. The Balaban J connectivity index is 1.73. The average Bonchev–Trinajstić information content (AvgIpc) is 3.37. The first-order valence-corrected chi connectivity index (χ1v) is 10.9. The summed E-state index contributed by atoms with van der Waals surface area (Å²) in [5.74, 6) is -1.64. The zero-order chi connectivity index (χ0) is 22.0. The minimum Gasteiger partial charge on any atom is -0.425 e. The lowest BCUT2D eigenvalue weighted by Gasteiger charge is -2.23. The Bertz CT molecular complexity index is 1250. The van der Waals surface area contributed by atoms with Crippen LogP contribution in [0.15, 0.2) is 77.3 Å². The van der Waals surface area contributed by atoms with Crippen molar-refractivity contribution in [2.24, 2.45) is 10.8 Å². The van der Waals surface area contributed by atoms with Gasteiger partial charge in [0.25, 0.3) is 0 Å². The second-order valence-corrected chi connectivity index (χ2v) is 9.40. The number of fused-ring (bicyclic) bond motifs is 3. The van der Waals surface area contributed by atoms with Crippen molar-refractivity contribution in [3.63, 3.8) is 0 Å². The molecule has 2 aliphatic rings. The number of ketones is 2. The van der Waals surface area contributed by atoms with Crippen molar-refractivity contribution in [3.05, 3.63) is 99.0 Å². The van der Waals surface area contributed by atoms with Crippen molar-refractivity contribution in [2.45, 2.75) is 12.8 Å². The van der Waals surface area contributed by atoms with Crippen molar-refractivity contribution in [1.29, 1.82) is 0 Å². The highest BCUT2D eigenvalue weighted by Gasteiger charge is 2.87. The summed E-state index contributed by atoms with van der Waals surface area (Å²) >= 11 is 9.44. The highest BCUT2D eigenvalue weighted by molar-refractivity contribution is 9.10. The third-order valence-electron chi connectivity index (χ3n) is 6.53. The third kappa shape index (κ3) is 2.63. The first-order chi connectivity index (χ1) is 14.8. The summed E-state index contributed by atoms with van der Waals surface area (Å²) in [5.41, 5.74) is -1.49. The number of Topliss-reactive ketones (excluding diaryl/α,β-unsaturated/α-hetero) is 2. The largest absolute Gasteiger partial charge is 0.425 e. The van der Waals surface area contributed by atoms with E-state index < -0.39 is 28.5 Å². The maximum absolute atomic E-state index is 13.8. The number of esters is 1. The van der Waals surface area contributed by atoms with Crippen LogP contribution in [0.1, 0.15) is 39.1 Å². The minimum absolute atomic E-state index is 0.289. The number of ether oxygens (including phenoxy) is 1. The molecular weight excluding hydrogens is 480 g/mol. The minimum atomic E-state index is -1.63. The highest BCUT2D eigenvalue weighted by Crippen LogP contribution is 2.79. The predicted octanol–water partition coefficient (Wildman–Crippen LogP) is 5.88. The van der Waals surface area contributed by atoms with Crippen LogP contribution in [0.25, 0.3) is 0 Å². The van der Waals surface area contributed by atoms with E-state index in [-0.39, 0.29) is 5.78 Å². The van der Waals surface area contributed by atoms with Gasteiger partial charge in [0.1, 0.15) is 5.75 Å². The third-order valence-corrected chi connectivity index (χ3v) is 7.27. The molecule has 0 aromatic heterocycles. The van der Waals surface area contributed by atoms with Gasteiger partial charge in [-0.25, -0.2) is 0 Å². The molecule has 3 aromatic carbocycles. The summed E-state index contributed by atoms with van der Waals surface area (Å²) in [6.45, 7) is 1.69. The number of carbonyl (C=O) groups is 3. The van der Waals surface area contributed by atoms with Gasteiger partial charge in [-0.15, -0.1) is 0 Å². The number of rotatable bonds is 4. The lowest BCUT2D eigenvalue weighted by Crippen LogP contribution is -2.39. The predicted molar refractivity (Wildman–Crippen MR) is 120 cm³/mol. The fourth-order valence-electron chi connectivity index (χ4n) is 5.00. The Kier molecular flexibility index (Phi) is 4.47. The maximum atomic E-state index is 13.8. The van der Waals surface area contributed by atoms with Gasteiger partial charge in [0.2, 0.25) is 0 Å². The first kappa shape index (κ1) is 20.2. The molecule has 1 heterocycles. The molecule has 1 saturated carbocycles. The van der Waals surface area contributed by atoms with Gasteiger partial charge in [0.15, 0.2) is 17.0 Å². The summed E-state index contributed by atoms with van der Waals surface area (Å²) < 4.78 is 6.41. The van der Waals surface area contributed by atoms with E-state index in [4.69, 9.17) is 16.3 Å². The normalized spacial score (nSPS) is 25.8. The van der Waals surface area contributed by atoms with Crippen LogP contribution in [0, 0.1) is 10.8 Å². The van der Waals surface area contributed by atoms with E-state index in [0.717, 1.165) is 4.47 Å². The lowest BCUT2D eigenvalue weighted by atomic mass is 9.82. The zero-order valence-corrected chi connectivity index (χ0v) is 18.7. The maximum Gasteiger partial charge on any atom is 0.327 e. The second kappa shape index (κ2) is 6.87. The van der Waals surface area contributed by atoms with Crippen LogP contribution in [0.2, 0.25) is 5.02 Å². The number of hydrogen-bond acceptors (Lipinski definition) is 4. The second-order valence-electron chi connectivity index (χ2n) is 8.05. The molecule has 1 fully saturated rings. The molecule has 0 unspecified atom stereocenters. The van der Waals surface area contributed by atoms with E-state index in [2.05, 4.69) is 15.9 Å². The van der Waals surface area contributed by atoms with E-state index >= 15 is 0 Å². The molecule has 1 aliphatic heterocycles. The molecule has 0 bridgehead atoms. The van der Waals surface area contributed by atoms with Crippen LogP contribution in [0.4, 0.5) is 0 Å². The van der Waals surface area contributed by atoms with Crippen LogP contribution in [-0.2, 0) is 4.79 Å². The van der Waals surface area contributed by atoms with E-state index in [1.54, 1.807) is 73.7 Å². The van der Waals surface area contributed by atoms with Gasteiger partial charge in [-0.1, -0.05) is 64.8 Å². The van der Waals surface area contributed by atoms with Crippen molar-refractivity contribution in [2.75, 3.05) is 0 Å². The van der Waals surface area contributed by atoms with Gasteiger partial charge in [-0.05, 0) is 42.5 Å². The van der Waals surface area contributed by atoms with E-state index in [1.165, 1.54) is 0 Å². The number of benzene rings is 3. The molecule has 0 spiro atoms. The Morgan fingerprint density at radius 1 is 0.935 bits per heavy atom. The van der Waals surface area contributed by atoms with Crippen LogP contribution >= 0.6 is 27.5 Å². The summed E-state index contributed by atoms with van der Waals surface area (Å²) in [7, 11) is 0. The molecule has 154 valence electrons. The molecular formula is C25H16BrClO4. The summed E-state index contributed by atoms with van der Waals surface area (Å²) in [4.78, 5) is 41.0. The Morgan fingerprint density at radius 2 is 1.58 bits per heavy atom. The van der Waals surface area contributed by atoms with Crippen LogP contribution in [0.3, 0.4) is 0 Å². The van der Waals surface area contributed by atoms with Gasteiger partial charge >= 0.3 is 5.97 Å². The van der Waals surface area contributed by atoms with Crippen molar-refractivity contribution in [3.8, 4) is 5.75 Å². The van der Waals surface area contributed by atoms with E-state index in [9.17, 15) is 14.4 Å². The molecule has 0 amide bonds. The molecule has 6 heteroatoms. The Hall–Kier alpha value is -2.76. The monoisotopic (exact) mass is 494 g/mol. The lowest BCUT2D eigenvalue weighted by molar-refractivity contribution is -0.140. The summed E-state index contributed by atoms with van der Waals surface area (Å²) in [6, 6.07) is 20.3. The topological polar surface area (TPSA) is 60.4 Å². The molecule has 4 nitrogen and oxygen atoms in total. The van der Waals surface area contributed by atoms with Gasteiger partial charge in [-0.3, -0.25) is 14.4 Å². The van der Waals surface area contributed by atoms with Crippen molar-refractivity contribution < 1.29 is 19.1 Å². The molecule has 0 N–H and O–H groups in total. The molecule has 0 radical (unpaired) electrons. The quantitative estimate of drug-likeness (QED) is 0.196. The summed E-state index contributed by atoms with van der Waals surface area (Å²) in [6.07, 6.45) is 0. The number of halogens is 2. The Labute approximate surface area is 192 Å². The van der Waals surface area contributed by atoms with Crippen LogP contribution in [0.5, 0.6) is 5.75 Å². The van der Waals surface area contributed by atoms with Gasteiger partial charge in [0.05, 0.1) is 5.41 Å². The van der Waals surface area contributed by atoms with Crippen molar-refractivity contribution in [1.82, 2.24) is 0 Å². The van der Waals surface area contributed by atoms with Gasteiger partial charge in [-0.2, -0.15) is 0 Å². The molecule has 31 heavy (non-hydrogen) atoms. The standard InChI is InChI=1S/C25H16BrClO4/c1-24(21(28)15-7-10-17(27)11-8-15)20-18-13-16(26)9-12-19(18)31-23(30)25(20,24)22(29)14-5-3-2-4-6-14/h2-13,20H,1H3/t20-,24+,25-/m0/s1. The van der Waals surface area contributed by atoms with Crippen molar-refractivity contribution >= 4 is 45.1 Å². The highest BCUT2D eigenvalue weighted by atomic mass is 79.9. The average molecular weight is 496 g/mol. The molecule has 0 saturated heterocycles. The fraction of sp³-hybridized carbons (Fsp3) is 0.160. The zero-order valence-electron chi connectivity index (χ0n) is 16.4. The SMILES string of the molecule is C[C@]1(C(=O)c2ccc(Cl)cc2)[C@@H]2c3cc(Br)ccc3OC(=O)[C@@]21C(=O)c1ccccc1. The van der Waals surface area contributed by atoms with E-state index in [0.29, 0.717) is 27.5 Å². The van der Waals surface area contributed by atoms with Gasteiger partial charge < -0.3 is 4.74 Å². The molecule has 5 rings (SSSR count). The number of hydrogen-bond donors (Lipinski definition) is 0. The molecule has 3 aromatic rings.